The number of para-hydroxylation sites is 1. The highest BCUT2D eigenvalue weighted by Crippen LogP contribution is 2.17. The maximum absolute atomic E-state index is 13.6. The Kier molecular flexibility index (Phi) is 3.21. The van der Waals surface area contributed by atoms with E-state index in [0.717, 1.165) is 0 Å². The minimum atomic E-state index is -0.368. The number of nitrogens with zero attached hydrogens (tertiary/aromatic N) is 2. The summed E-state index contributed by atoms with van der Waals surface area (Å²) in [5.74, 6) is -0.534. The Morgan fingerprint density at radius 3 is 2.65 bits per heavy atom. The molecule has 0 saturated heterocycles. The van der Waals surface area contributed by atoms with Crippen LogP contribution in [-0.4, -0.2) is 15.8 Å². The number of Topliss-reactive ketones (excluding diaryl/α,β-unsaturated/α-hetero) is 1. The van der Waals surface area contributed by atoms with Gasteiger partial charge in [0.2, 0.25) is 0 Å². The lowest BCUT2D eigenvalue weighted by molar-refractivity contribution is 0.0993. The summed E-state index contributed by atoms with van der Waals surface area (Å²) in [5, 5.41) is 0. The van der Waals surface area contributed by atoms with E-state index < -0.39 is 0 Å². The lowest BCUT2D eigenvalue weighted by Crippen LogP contribution is -2.06. The second-order valence-electron chi connectivity index (χ2n) is 4.42. The van der Waals surface area contributed by atoms with Crippen molar-refractivity contribution in [2.24, 2.45) is 0 Å². The summed E-state index contributed by atoms with van der Waals surface area (Å²) in [7, 11) is 0. The van der Waals surface area contributed by atoms with Crippen molar-refractivity contribution in [3.05, 3.63) is 71.8 Å². The van der Waals surface area contributed by atoms with Crippen LogP contribution in [0.3, 0.4) is 0 Å². The number of rotatable bonds is 3. The van der Waals surface area contributed by atoms with E-state index in [1.807, 2.05) is 0 Å². The van der Waals surface area contributed by atoms with Crippen LogP contribution in [-0.2, 0) is 6.42 Å². The van der Waals surface area contributed by atoms with Crippen molar-refractivity contribution in [3.8, 4) is 0 Å². The Hall–Kier alpha value is -2.62. The summed E-state index contributed by atoms with van der Waals surface area (Å²) in [6.45, 7) is 0. The van der Waals surface area contributed by atoms with Crippen LogP contribution in [0.2, 0.25) is 0 Å². The standard InChI is InChI=1S/C16H11FN2O/c17-13-6-2-1-4-11(13)10-15(20)12-5-3-7-14-16(12)19-9-8-18-14/h1-9H,10H2. The highest BCUT2D eigenvalue weighted by Gasteiger charge is 2.13. The van der Waals surface area contributed by atoms with E-state index in [0.29, 0.717) is 22.2 Å². The first-order valence-electron chi connectivity index (χ1n) is 6.22. The number of carbonyl (C=O) groups excluding carboxylic acids is 1. The first kappa shape index (κ1) is 12.4. The second kappa shape index (κ2) is 5.17. The Bertz CT molecular complexity index is 781. The van der Waals surface area contributed by atoms with Gasteiger partial charge in [-0.1, -0.05) is 24.3 Å². The van der Waals surface area contributed by atoms with Gasteiger partial charge in [0.25, 0.3) is 0 Å². The SMILES string of the molecule is O=C(Cc1ccccc1F)c1cccc2nccnc12. The predicted octanol–water partition coefficient (Wildman–Crippen LogP) is 3.19. The van der Waals surface area contributed by atoms with Gasteiger partial charge in [-0.05, 0) is 23.8 Å². The molecule has 0 N–H and O–H groups in total. The Morgan fingerprint density at radius 2 is 1.80 bits per heavy atom. The van der Waals surface area contributed by atoms with Crippen molar-refractivity contribution in [1.82, 2.24) is 9.97 Å². The first-order valence-corrected chi connectivity index (χ1v) is 6.22. The van der Waals surface area contributed by atoms with Gasteiger partial charge < -0.3 is 0 Å². The fourth-order valence-corrected chi connectivity index (χ4v) is 2.13. The van der Waals surface area contributed by atoms with Crippen LogP contribution in [0, 0.1) is 5.82 Å². The van der Waals surface area contributed by atoms with E-state index in [1.54, 1.807) is 48.8 Å². The average Bonchev–Trinajstić information content (AvgIpc) is 2.49. The predicted molar refractivity (Wildman–Crippen MR) is 74.0 cm³/mol. The third-order valence-corrected chi connectivity index (χ3v) is 3.11. The monoisotopic (exact) mass is 266 g/mol. The van der Waals surface area contributed by atoms with Crippen LogP contribution in [0.1, 0.15) is 15.9 Å². The lowest BCUT2D eigenvalue weighted by atomic mass is 10.0. The molecule has 1 aromatic heterocycles. The van der Waals surface area contributed by atoms with Gasteiger partial charge in [0, 0.05) is 24.4 Å². The van der Waals surface area contributed by atoms with Crippen LogP contribution in [0.15, 0.2) is 54.9 Å². The molecule has 0 spiro atoms. The molecular weight excluding hydrogens is 255 g/mol. The van der Waals surface area contributed by atoms with Crippen LogP contribution in [0.5, 0.6) is 0 Å². The van der Waals surface area contributed by atoms with Gasteiger partial charge in [0.05, 0.1) is 11.0 Å². The minimum Gasteiger partial charge on any atom is -0.294 e. The van der Waals surface area contributed by atoms with Crippen LogP contribution in [0.25, 0.3) is 11.0 Å². The lowest BCUT2D eigenvalue weighted by Gasteiger charge is -2.05. The molecule has 0 atom stereocenters. The van der Waals surface area contributed by atoms with Gasteiger partial charge in [-0.2, -0.15) is 0 Å². The summed E-state index contributed by atoms with van der Waals surface area (Å²) < 4.78 is 13.6. The smallest absolute Gasteiger partial charge is 0.169 e. The Balaban J connectivity index is 1.99. The van der Waals surface area contributed by atoms with Crippen molar-refractivity contribution >= 4 is 16.8 Å². The van der Waals surface area contributed by atoms with Crippen LogP contribution < -0.4 is 0 Å². The molecule has 0 bridgehead atoms. The number of halogens is 1. The molecule has 0 amide bonds. The largest absolute Gasteiger partial charge is 0.294 e. The van der Waals surface area contributed by atoms with Crippen molar-refractivity contribution in [1.29, 1.82) is 0 Å². The molecule has 98 valence electrons. The zero-order valence-electron chi connectivity index (χ0n) is 10.6. The third kappa shape index (κ3) is 2.28. The van der Waals surface area contributed by atoms with Crippen LogP contribution >= 0.6 is 0 Å². The number of hydrogen-bond acceptors (Lipinski definition) is 3. The third-order valence-electron chi connectivity index (χ3n) is 3.11. The van der Waals surface area contributed by atoms with Crippen molar-refractivity contribution < 1.29 is 9.18 Å². The topological polar surface area (TPSA) is 42.9 Å². The maximum atomic E-state index is 13.6. The Morgan fingerprint density at radius 1 is 1.00 bits per heavy atom. The second-order valence-corrected chi connectivity index (χ2v) is 4.42. The van der Waals surface area contributed by atoms with Crippen molar-refractivity contribution in [2.75, 3.05) is 0 Å². The van der Waals surface area contributed by atoms with Gasteiger partial charge in [-0.15, -0.1) is 0 Å². The zero-order valence-corrected chi connectivity index (χ0v) is 10.6. The summed E-state index contributed by atoms with van der Waals surface area (Å²) in [4.78, 5) is 20.7. The first-order chi connectivity index (χ1) is 9.75. The van der Waals surface area contributed by atoms with Gasteiger partial charge in [0.1, 0.15) is 5.82 Å². The molecule has 3 aromatic rings. The number of hydrogen-bond donors (Lipinski definition) is 0. The summed E-state index contributed by atoms with van der Waals surface area (Å²) >= 11 is 0. The van der Waals surface area contributed by atoms with Crippen molar-refractivity contribution in [3.63, 3.8) is 0 Å². The number of benzene rings is 2. The normalized spacial score (nSPS) is 10.7. The zero-order chi connectivity index (χ0) is 13.9. The summed E-state index contributed by atoms with van der Waals surface area (Å²) in [5.41, 5.74) is 2.07. The molecule has 0 aliphatic rings. The van der Waals surface area contributed by atoms with E-state index in [9.17, 15) is 9.18 Å². The molecule has 0 radical (unpaired) electrons. The number of ketones is 1. The summed E-state index contributed by atoms with van der Waals surface area (Å²) in [6, 6.07) is 11.5. The number of fused-ring (bicyclic) bond motifs is 1. The van der Waals surface area contributed by atoms with E-state index in [2.05, 4.69) is 9.97 Å². The highest BCUT2D eigenvalue weighted by molar-refractivity contribution is 6.06. The Labute approximate surface area is 115 Å². The molecule has 0 saturated carbocycles. The fourth-order valence-electron chi connectivity index (χ4n) is 2.13. The quantitative estimate of drug-likeness (QED) is 0.684. The molecule has 0 aliphatic carbocycles. The van der Waals surface area contributed by atoms with Gasteiger partial charge >= 0.3 is 0 Å². The van der Waals surface area contributed by atoms with E-state index in [1.165, 1.54) is 6.07 Å². The minimum absolute atomic E-state index is 0.0162. The summed E-state index contributed by atoms with van der Waals surface area (Å²) in [6.07, 6.45) is 3.14. The fraction of sp³-hybridized carbons (Fsp3) is 0.0625. The molecule has 4 heteroatoms. The molecule has 2 aromatic carbocycles. The molecule has 20 heavy (non-hydrogen) atoms. The number of aromatic nitrogens is 2. The molecule has 3 rings (SSSR count). The molecule has 1 heterocycles. The van der Waals surface area contributed by atoms with Gasteiger partial charge in [0.15, 0.2) is 5.78 Å². The molecule has 0 aliphatic heterocycles. The molecule has 3 nitrogen and oxygen atoms in total. The average molecular weight is 266 g/mol. The van der Waals surface area contributed by atoms with Crippen molar-refractivity contribution in [2.45, 2.75) is 6.42 Å². The van der Waals surface area contributed by atoms with E-state index in [-0.39, 0.29) is 18.0 Å². The van der Waals surface area contributed by atoms with E-state index in [4.69, 9.17) is 0 Å². The molecule has 0 unspecified atom stereocenters. The highest BCUT2D eigenvalue weighted by atomic mass is 19.1. The number of carbonyl (C=O) groups is 1. The van der Waals surface area contributed by atoms with Gasteiger partial charge in [-0.25, -0.2) is 4.39 Å². The van der Waals surface area contributed by atoms with Crippen LogP contribution in [0.4, 0.5) is 4.39 Å². The molecule has 0 fully saturated rings. The molecular formula is C16H11FN2O. The van der Waals surface area contributed by atoms with E-state index >= 15 is 0 Å². The maximum Gasteiger partial charge on any atom is 0.169 e. The van der Waals surface area contributed by atoms with Gasteiger partial charge in [-0.3, -0.25) is 14.8 Å².